The molecule has 3 aromatic rings. The summed E-state index contributed by atoms with van der Waals surface area (Å²) in [4.78, 5) is 66.6. The van der Waals surface area contributed by atoms with Crippen LogP contribution in [0.25, 0.3) is 0 Å². The van der Waals surface area contributed by atoms with Crippen LogP contribution in [0.5, 0.6) is 5.75 Å². The molecule has 6 atom stereocenters. The van der Waals surface area contributed by atoms with E-state index in [-0.39, 0.29) is 30.1 Å². The van der Waals surface area contributed by atoms with Gasteiger partial charge in [-0.05, 0) is 105 Å². The van der Waals surface area contributed by atoms with Crippen molar-refractivity contribution in [3.63, 3.8) is 0 Å². The topological polar surface area (TPSA) is 112 Å². The first kappa shape index (κ1) is 31.3. The van der Waals surface area contributed by atoms with Crippen LogP contribution < -0.4 is 9.80 Å². The zero-order valence-electron chi connectivity index (χ0n) is 25.6. The van der Waals surface area contributed by atoms with E-state index in [4.69, 9.17) is 23.2 Å². The number of halogens is 3. The van der Waals surface area contributed by atoms with Crippen molar-refractivity contribution in [1.29, 1.82) is 0 Å². The number of hydrogen-bond acceptors (Lipinski definition) is 6. The second kappa shape index (κ2) is 10.6. The Morgan fingerprint density at radius 1 is 0.851 bits per heavy atom. The molecular weight excluding hydrogens is 646 g/mol. The number of benzene rings is 3. The Hall–Kier alpha value is -4.34. The van der Waals surface area contributed by atoms with E-state index in [0.29, 0.717) is 33.5 Å². The lowest BCUT2D eigenvalue weighted by molar-refractivity contribution is -0.125. The number of alkyl halides is 2. The summed E-state index contributed by atoms with van der Waals surface area (Å²) in [5.74, 6) is -6.58. The van der Waals surface area contributed by atoms with Gasteiger partial charge in [-0.15, -0.1) is 23.2 Å². The minimum atomic E-state index is -2.07. The Balaban J connectivity index is 1.39. The van der Waals surface area contributed by atoms with Gasteiger partial charge >= 0.3 is 0 Å². The highest BCUT2D eigenvalue weighted by molar-refractivity contribution is 6.58. The van der Waals surface area contributed by atoms with Crippen LogP contribution in [0, 0.1) is 37.4 Å². The molecule has 3 fully saturated rings. The number of amides is 4. The van der Waals surface area contributed by atoms with Crippen molar-refractivity contribution in [3.05, 3.63) is 100 Å². The van der Waals surface area contributed by atoms with Gasteiger partial charge in [0.1, 0.15) is 11.6 Å². The summed E-state index contributed by atoms with van der Waals surface area (Å²) >= 11 is 14.8. The van der Waals surface area contributed by atoms with Gasteiger partial charge in [0.2, 0.25) is 11.8 Å². The molecule has 0 aromatic heterocycles. The molecule has 11 heteroatoms. The number of fused-ring (bicyclic) bond motifs is 4. The zero-order valence-corrected chi connectivity index (χ0v) is 27.1. The highest BCUT2D eigenvalue weighted by Crippen LogP contribution is 2.66. The molecule has 0 radical (unpaired) electrons. The lowest BCUT2D eigenvalue weighted by Crippen LogP contribution is -2.60. The maximum absolute atomic E-state index is 14.5. The quantitative estimate of drug-likeness (QED) is 0.155. The molecule has 6 unspecified atom stereocenters. The molecule has 0 bridgehead atoms. The highest BCUT2D eigenvalue weighted by atomic mass is 35.5. The van der Waals surface area contributed by atoms with E-state index in [1.165, 1.54) is 19.1 Å². The summed E-state index contributed by atoms with van der Waals surface area (Å²) in [6.45, 7) is 4.82. The number of carbonyl (C=O) groups excluding carboxylic acids is 5. The smallest absolute Gasteiger partial charge is 0.258 e. The first-order chi connectivity index (χ1) is 22.2. The molecule has 2 saturated heterocycles. The minimum Gasteiger partial charge on any atom is -0.507 e. The first-order valence-electron chi connectivity index (χ1n) is 15.2. The van der Waals surface area contributed by atoms with Gasteiger partial charge < -0.3 is 5.11 Å². The number of aromatic hydroxyl groups is 1. The molecule has 2 aliphatic heterocycles. The number of hydrogen-bond donors (Lipinski definition) is 1. The average Bonchev–Trinajstić information content (AvgIpc) is 3.37. The maximum atomic E-state index is 14.5. The number of carbonyl (C=O) groups is 5. The van der Waals surface area contributed by atoms with Crippen LogP contribution in [-0.4, -0.2) is 44.3 Å². The Morgan fingerprint density at radius 3 is 2.02 bits per heavy atom. The van der Waals surface area contributed by atoms with E-state index in [9.17, 15) is 33.5 Å². The van der Waals surface area contributed by atoms with Crippen molar-refractivity contribution >= 4 is 64.0 Å². The van der Waals surface area contributed by atoms with E-state index in [2.05, 4.69) is 0 Å². The second-order valence-corrected chi connectivity index (χ2v) is 14.1. The maximum Gasteiger partial charge on any atom is 0.258 e. The normalized spacial score (nSPS) is 29.9. The molecule has 1 N–H and O–H groups in total. The van der Waals surface area contributed by atoms with Crippen molar-refractivity contribution < 1.29 is 33.5 Å². The van der Waals surface area contributed by atoms with Crippen LogP contribution in [0.4, 0.5) is 15.8 Å². The predicted molar refractivity (Wildman–Crippen MR) is 173 cm³/mol. The first-order valence-corrected chi connectivity index (χ1v) is 16.0. The fourth-order valence-corrected chi connectivity index (χ4v) is 8.96. The number of ketones is 1. The highest BCUT2D eigenvalue weighted by Gasteiger charge is 2.76. The Labute approximate surface area is 279 Å². The van der Waals surface area contributed by atoms with Crippen LogP contribution in [0.1, 0.15) is 52.7 Å². The summed E-state index contributed by atoms with van der Waals surface area (Å²) in [6.07, 6.45) is 1.80. The summed E-state index contributed by atoms with van der Waals surface area (Å²) in [7, 11) is 0. The monoisotopic (exact) mass is 674 g/mol. The number of aryl methyl sites for hydroxylation is 2. The Morgan fingerprint density at radius 2 is 1.43 bits per heavy atom. The lowest BCUT2D eigenvalue weighted by Gasteiger charge is -2.50. The van der Waals surface area contributed by atoms with Crippen LogP contribution in [0.2, 0.25) is 0 Å². The van der Waals surface area contributed by atoms with Gasteiger partial charge in [-0.2, -0.15) is 0 Å². The molecule has 8 nitrogen and oxygen atoms in total. The van der Waals surface area contributed by atoms with Crippen LogP contribution in [0.3, 0.4) is 0 Å². The summed E-state index contributed by atoms with van der Waals surface area (Å²) in [5, 5.41) is 10.6. The van der Waals surface area contributed by atoms with Gasteiger partial charge in [-0.3, -0.25) is 28.9 Å². The van der Waals surface area contributed by atoms with Gasteiger partial charge in [0.05, 0.1) is 23.2 Å². The Kier molecular flexibility index (Phi) is 7.04. The molecule has 2 heterocycles. The van der Waals surface area contributed by atoms with Gasteiger partial charge in [0, 0.05) is 11.5 Å². The van der Waals surface area contributed by atoms with Crippen LogP contribution in [-0.2, 0) is 19.2 Å². The third-order valence-corrected chi connectivity index (χ3v) is 11.7. The molecule has 3 aromatic carbocycles. The third-order valence-electron chi connectivity index (χ3n) is 10.3. The number of phenols is 1. The van der Waals surface area contributed by atoms with Gasteiger partial charge in [0.25, 0.3) is 11.8 Å². The van der Waals surface area contributed by atoms with Crippen molar-refractivity contribution in [2.24, 2.45) is 17.8 Å². The second-order valence-electron chi connectivity index (χ2n) is 12.9. The molecule has 4 amide bonds. The largest absolute Gasteiger partial charge is 0.507 e. The number of phenolic OH excluding ortho intramolecular Hbond substituents is 1. The van der Waals surface area contributed by atoms with Crippen LogP contribution >= 0.6 is 23.2 Å². The van der Waals surface area contributed by atoms with Crippen molar-refractivity contribution in [3.8, 4) is 5.75 Å². The lowest BCUT2D eigenvalue weighted by atomic mass is 9.56. The van der Waals surface area contributed by atoms with E-state index in [1.807, 2.05) is 6.08 Å². The predicted octanol–water partition coefficient (Wildman–Crippen LogP) is 6.12. The molecule has 1 saturated carbocycles. The number of anilines is 2. The molecule has 7 rings (SSSR count). The fraction of sp³-hybridized carbons (Fsp3) is 0.306. The molecule has 2 aliphatic carbocycles. The third kappa shape index (κ3) is 4.22. The number of rotatable bonds is 4. The van der Waals surface area contributed by atoms with Crippen molar-refractivity contribution in [1.82, 2.24) is 0 Å². The molecule has 0 spiro atoms. The van der Waals surface area contributed by atoms with Gasteiger partial charge in [-0.25, -0.2) is 9.29 Å². The SMILES string of the molecule is CC(=O)c1ccc(N2C(=O)C3CC=C4C(CC5(Cl)C(=O)N(c6ccc(F)cc6)C(=O)C5(Cl)C4c4cc(C)c(O)c(C)c4)C3C2=O)cc1. The summed E-state index contributed by atoms with van der Waals surface area (Å²) in [6, 6.07) is 14.4. The van der Waals surface area contributed by atoms with E-state index < -0.39 is 62.9 Å². The van der Waals surface area contributed by atoms with Crippen molar-refractivity contribution in [2.75, 3.05) is 9.80 Å². The standard InChI is InChI=1S/C36H29Cl2FN2O6/c1-17-14-21(15-18(2)30(17)43)29-25-12-13-26-28(32(45)40(31(26)44)23-8-4-20(5-9-23)19(3)42)27(25)16-35(37)33(46)41(34(47)36(29,35)38)24-10-6-22(39)7-11-24/h4-12,14-15,26-29,43H,13,16H2,1-3H3. The average molecular weight is 676 g/mol. The summed E-state index contributed by atoms with van der Waals surface area (Å²) < 4.78 is 13.9. The van der Waals surface area contributed by atoms with E-state index in [1.54, 1.807) is 50.2 Å². The number of Topliss-reactive ketones (excluding diaryl/α,β-unsaturated/α-hetero) is 1. The van der Waals surface area contributed by atoms with Crippen molar-refractivity contribution in [2.45, 2.75) is 49.3 Å². The van der Waals surface area contributed by atoms with E-state index >= 15 is 0 Å². The van der Waals surface area contributed by atoms with Crippen LogP contribution in [0.15, 0.2) is 72.3 Å². The molecular formula is C36H29Cl2FN2O6. The minimum absolute atomic E-state index is 0.0596. The molecule has 240 valence electrons. The summed E-state index contributed by atoms with van der Waals surface area (Å²) in [5.41, 5.74) is 2.99. The van der Waals surface area contributed by atoms with E-state index in [0.717, 1.165) is 21.9 Å². The number of imide groups is 2. The number of nitrogens with zero attached hydrogens (tertiary/aromatic N) is 2. The fourth-order valence-electron chi connectivity index (χ4n) is 8.03. The Bertz CT molecular complexity index is 1940. The van der Waals surface area contributed by atoms with Gasteiger partial charge in [-0.1, -0.05) is 23.8 Å². The number of allylic oxidation sites excluding steroid dienone is 2. The van der Waals surface area contributed by atoms with Gasteiger partial charge in [0.15, 0.2) is 15.5 Å². The molecule has 4 aliphatic rings. The zero-order chi connectivity index (χ0) is 33.7. The molecule has 47 heavy (non-hydrogen) atoms.